The Labute approximate surface area is 133 Å². The molecule has 7 heteroatoms. The zero-order valence-corrected chi connectivity index (χ0v) is 13.5. The highest BCUT2D eigenvalue weighted by Crippen LogP contribution is 2.32. The minimum Gasteiger partial charge on any atom is -0.385 e. The van der Waals surface area contributed by atoms with Crippen LogP contribution in [0.5, 0.6) is 0 Å². The van der Waals surface area contributed by atoms with Crippen LogP contribution in [-0.4, -0.2) is 32.7 Å². The lowest BCUT2D eigenvalue weighted by Crippen LogP contribution is -2.35. The number of amides is 1. The fraction of sp³-hybridized carbons (Fsp3) is 0.500. The van der Waals surface area contributed by atoms with Gasteiger partial charge in [-0.05, 0) is 25.5 Å². The van der Waals surface area contributed by atoms with Crippen LogP contribution in [0.1, 0.15) is 24.9 Å². The van der Waals surface area contributed by atoms with Gasteiger partial charge in [0, 0.05) is 36.9 Å². The Kier molecular flexibility index (Phi) is 7.96. The molecule has 118 valence electrons. The van der Waals surface area contributed by atoms with Crippen LogP contribution in [0.3, 0.4) is 0 Å². The van der Waals surface area contributed by atoms with E-state index in [4.69, 9.17) is 27.9 Å². The zero-order valence-electron chi connectivity index (χ0n) is 12.0. The molecule has 0 heterocycles. The molecule has 0 spiro atoms. The van der Waals surface area contributed by atoms with Gasteiger partial charge in [-0.1, -0.05) is 23.2 Å². The van der Waals surface area contributed by atoms with Crippen LogP contribution in [0.25, 0.3) is 0 Å². The van der Waals surface area contributed by atoms with Gasteiger partial charge in [0.15, 0.2) is 0 Å². The summed E-state index contributed by atoms with van der Waals surface area (Å²) in [5, 5.41) is 6.05. The third-order valence-corrected chi connectivity index (χ3v) is 3.64. The molecule has 0 bridgehead atoms. The van der Waals surface area contributed by atoms with Crippen molar-refractivity contribution >= 4 is 29.1 Å². The highest BCUT2D eigenvalue weighted by Gasteiger charge is 2.17. The van der Waals surface area contributed by atoms with Gasteiger partial charge in [-0.15, -0.1) is 0 Å². The average molecular weight is 337 g/mol. The van der Waals surface area contributed by atoms with Crippen LogP contribution < -0.4 is 10.6 Å². The van der Waals surface area contributed by atoms with E-state index in [0.717, 1.165) is 6.42 Å². The summed E-state index contributed by atoms with van der Waals surface area (Å²) < 4.78 is 18.3. The summed E-state index contributed by atoms with van der Waals surface area (Å²) in [6.45, 7) is 3.00. The molecule has 0 saturated carbocycles. The van der Waals surface area contributed by atoms with Crippen LogP contribution >= 0.6 is 23.2 Å². The smallest absolute Gasteiger partial charge is 0.233 e. The van der Waals surface area contributed by atoms with Crippen molar-refractivity contribution < 1.29 is 13.9 Å². The molecule has 4 nitrogen and oxygen atoms in total. The SMILES string of the molecule is COCCCNC(=O)CNC(C)c1c(Cl)ccc(F)c1Cl. The first kappa shape index (κ1) is 18.2. The topological polar surface area (TPSA) is 50.4 Å². The summed E-state index contributed by atoms with van der Waals surface area (Å²) in [4.78, 5) is 11.6. The highest BCUT2D eigenvalue weighted by atomic mass is 35.5. The molecule has 0 aromatic heterocycles. The Bertz CT molecular complexity index is 486. The molecule has 21 heavy (non-hydrogen) atoms. The number of benzene rings is 1. The lowest BCUT2D eigenvalue weighted by molar-refractivity contribution is -0.120. The molecule has 1 rings (SSSR count). The average Bonchev–Trinajstić information content (AvgIpc) is 2.46. The van der Waals surface area contributed by atoms with E-state index >= 15 is 0 Å². The summed E-state index contributed by atoms with van der Waals surface area (Å²) in [6.07, 6.45) is 0.749. The molecule has 1 aromatic rings. The van der Waals surface area contributed by atoms with Crippen molar-refractivity contribution in [1.29, 1.82) is 0 Å². The Morgan fingerprint density at radius 2 is 2.14 bits per heavy atom. The number of ether oxygens (including phenoxy) is 1. The predicted octanol–water partition coefficient (Wildman–Crippen LogP) is 2.94. The number of methoxy groups -OCH3 is 1. The van der Waals surface area contributed by atoms with Gasteiger partial charge in [-0.25, -0.2) is 4.39 Å². The lowest BCUT2D eigenvalue weighted by Gasteiger charge is -2.17. The quantitative estimate of drug-likeness (QED) is 0.566. The van der Waals surface area contributed by atoms with Crippen molar-refractivity contribution in [3.05, 3.63) is 33.6 Å². The zero-order chi connectivity index (χ0) is 15.8. The Morgan fingerprint density at radius 1 is 1.43 bits per heavy atom. The van der Waals surface area contributed by atoms with Crippen molar-refractivity contribution in [3.63, 3.8) is 0 Å². The molecule has 0 aliphatic heterocycles. The van der Waals surface area contributed by atoms with E-state index < -0.39 is 5.82 Å². The summed E-state index contributed by atoms with van der Waals surface area (Å²) in [5.74, 6) is -0.685. The van der Waals surface area contributed by atoms with Crippen molar-refractivity contribution in [3.8, 4) is 0 Å². The minimum absolute atomic E-state index is 0.0250. The molecule has 1 unspecified atom stereocenters. The molecule has 1 aromatic carbocycles. The Hall–Kier alpha value is -0.880. The fourth-order valence-corrected chi connectivity index (χ4v) is 2.49. The summed E-state index contributed by atoms with van der Waals surface area (Å²) in [5.41, 5.74) is 0.450. The first-order chi connectivity index (χ1) is 9.97. The molecule has 0 aliphatic carbocycles. The van der Waals surface area contributed by atoms with Crippen LogP contribution in [0.2, 0.25) is 10.0 Å². The van der Waals surface area contributed by atoms with Gasteiger partial charge in [-0.2, -0.15) is 0 Å². The number of carbonyl (C=O) groups is 1. The summed E-state index contributed by atoms with van der Waals surface area (Å²) in [6, 6.07) is 2.32. The van der Waals surface area contributed by atoms with Crippen LogP contribution in [0.4, 0.5) is 4.39 Å². The first-order valence-corrected chi connectivity index (χ1v) is 7.35. The third kappa shape index (κ3) is 5.79. The Morgan fingerprint density at radius 3 is 2.81 bits per heavy atom. The Balaban J connectivity index is 2.49. The largest absolute Gasteiger partial charge is 0.385 e. The van der Waals surface area contributed by atoms with Crippen LogP contribution in [0, 0.1) is 5.82 Å². The van der Waals surface area contributed by atoms with Crippen molar-refractivity contribution in [1.82, 2.24) is 10.6 Å². The lowest BCUT2D eigenvalue weighted by atomic mass is 10.1. The molecular weight excluding hydrogens is 318 g/mol. The van der Waals surface area contributed by atoms with Gasteiger partial charge in [0.05, 0.1) is 11.6 Å². The van der Waals surface area contributed by atoms with Crippen LogP contribution in [-0.2, 0) is 9.53 Å². The number of rotatable bonds is 8. The number of hydrogen-bond donors (Lipinski definition) is 2. The molecule has 2 N–H and O–H groups in total. The second kappa shape index (κ2) is 9.20. The minimum atomic E-state index is -0.534. The molecule has 0 saturated heterocycles. The second-order valence-electron chi connectivity index (χ2n) is 4.56. The molecule has 0 aliphatic rings. The normalized spacial score (nSPS) is 12.2. The maximum Gasteiger partial charge on any atom is 0.233 e. The van der Waals surface area contributed by atoms with Gasteiger partial charge < -0.3 is 15.4 Å². The molecule has 0 fully saturated rings. The van der Waals surface area contributed by atoms with E-state index in [1.54, 1.807) is 14.0 Å². The first-order valence-electron chi connectivity index (χ1n) is 6.59. The predicted molar refractivity (Wildman–Crippen MR) is 82.3 cm³/mol. The number of carbonyl (C=O) groups excluding carboxylic acids is 1. The van der Waals surface area contributed by atoms with Crippen molar-refractivity contribution in [2.45, 2.75) is 19.4 Å². The highest BCUT2D eigenvalue weighted by molar-refractivity contribution is 6.36. The van der Waals surface area contributed by atoms with E-state index in [9.17, 15) is 9.18 Å². The second-order valence-corrected chi connectivity index (χ2v) is 5.34. The number of halogens is 3. The maximum absolute atomic E-state index is 13.4. The molecule has 1 atom stereocenters. The van der Waals surface area contributed by atoms with Crippen LogP contribution in [0.15, 0.2) is 12.1 Å². The van der Waals surface area contributed by atoms with Crippen molar-refractivity contribution in [2.75, 3.05) is 26.8 Å². The van der Waals surface area contributed by atoms with E-state index in [0.29, 0.717) is 23.7 Å². The molecular formula is C14H19Cl2FN2O2. The monoisotopic (exact) mass is 336 g/mol. The van der Waals surface area contributed by atoms with Gasteiger partial charge in [0.1, 0.15) is 5.82 Å². The van der Waals surface area contributed by atoms with Gasteiger partial charge in [0.2, 0.25) is 5.91 Å². The summed E-state index contributed by atoms with van der Waals surface area (Å²) >= 11 is 11.9. The third-order valence-electron chi connectivity index (χ3n) is 2.93. The number of hydrogen-bond acceptors (Lipinski definition) is 3. The van der Waals surface area contributed by atoms with E-state index in [-0.39, 0.29) is 23.5 Å². The maximum atomic E-state index is 13.4. The van der Waals surface area contributed by atoms with Crippen molar-refractivity contribution in [2.24, 2.45) is 0 Å². The van der Waals surface area contributed by atoms with Gasteiger partial charge in [0.25, 0.3) is 0 Å². The van der Waals surface area contributed by atoms with E-state index in [1.807, 2.05) is 0 Å². The molecule has 1 amide bonds. The van der Waals surface area contributed by atoms with Gasteiger partial charge in [-0.3, -0.25) is 4.79 Å². The number of nitrogens with one attached hydrogen (secondary N) is 2. The van der Waals surface area contributed by atoms with E-state index in [2.05, 4.69) is 10.6 Å². The van der Waals surface area contributed by atoms with E-state index in [1.165, 1.54) is 12.1 Å². The van der Waals surface area contributed by atoms with Gasteiger partial charge >= 0.3 is 0 Å². The standard InChI is InChI=1S/C14H19Cl2FN2O2/c1-9(13-10(15)4-5-11(17)14(13)16)19-8-12(20)18-6-3-7-21-2/h4-5,9,19H,3,6-8H2,1-2H3,(H,18,20). The fourth-order valence-electron chi connectivity index (χ4n) is 1.79. The molecule has 0 radical (unpaired) electrons. The summed E-state index contributed by atoms with van der Waals surface area (Å²) in [7, 11) is 1.61.